The fraction of sp³-hybridized carbons (Fsp3) is 0.381. The number of hydrogen-bond donors (Lipinski definition) is 1. The summed E-state index contributed by atoms with van der Waals surface area (Å²) in [5.41, 5.74) is -4.42. The molecule has 0 radical (unpaired) electrons. The molecule has 0 spiro atoms. The molecule has 0 aliphatic heterocycles. The van der Waals surface area contributed by atoms with E-state index in [1.165, 1.54) is 42.3 Å². The van der Waals surface area contributed by atoms with Crippen LogP contribution in [0.2, 0.25) is 5.02 Å². The molecule has 352 valence electrons. The SMILES string of the molecule is CSN(C(=O)OCC=O)c1nn(CC(F)(F)F)c2c(-c3ccc(C#CC(C)(C)SC)nc3C(Cc3cc(F)cc(F)c3)NC(=O)Cn3nc(C(F)(F)F)c4c3C(F)(F)C[C@@H]4C)ccc(Cl)c12. The van der Waals surface area contributed by atoms with Crippen molar-refractivity contribution in [2.45, 2.75) is 81.7 Å². The Morgan fingerprint density at radius 1 is 1.03 bits per heavy atom. The highest BCUT2D eigenvalue weighted by atomic mass is 35.5. The first-order valence-electron chi connectivity index (χ1n) is 19.4. The maximum Gasteiger partial charge on any atom is 0.435 e. The molecule has 1 N–H and O–H groups in total. The molecule has 24 heteroatoms. The Labute approximate surface area is 383 Å². The molecule has 2 amide bonds. The summed E-state index contributed by atoms with van der Waals surface area (Å²) < 4.78 is 151. The van der Waals surface area contributed by atoms with Crippen molar-refractivity contribution in [1.29, 1.82) is 0 Å². The van der Waals surface area contributed by atoms with Crippen molar-refractivity contribution in [1.82, 2.24) is 29.9 Å². The van der Waals surface area contributed by atoms with Gasteiger partial charge in [0, 0.05) is 35.4 Å². The van der Waals surface area contributed by atoms with E-state index in [1.54, 1.807) is 20.1 Å². The molecule has 3 heterocycles. The maximum atomic E-state index is 15.3. The number of thioether (sulfide) groups is 1. The second kappa shape index (κ2) is 19.0. The molecule has 66 heavy (non-hydrogen) atoms. The largest absolute Gasteiger partial charge is 0.441 e. The molecule has 5 aromatic rings. The van der Waals surface area contributed by atoms with Crippen molar-refractivity contribution >= 4 is 70.3 Å². The van der Waals surface area contributed by atoms with E-state index in [-0.39, 0.29) is 55.0 Å². The van der Waals surface area contributed by atoms with Gasteiger partial charge in [0.25, 0.3) is 5.92 Å². The highest BCUT2D eigenvalue weighted by Gasteiger charge is 2.53. The van der Waals surface area contributed by atoms with E-state index in [0.29, 0.717) is 22.7 Å². The number of rotatable bonds is 13. The van der Waals surface area contributed by atoms with Crippen LogP contribution in [0.3, 0.4) is 0 Å². The molecule has 3 aromatic heterocycles. The van der Waals surface area contributed by atoms with Crippen LogP contribution in [0.15, 0.2) is 42.5 Å². The van der Waals surface area contributed by atoms with E-state index >= 15 is 8.78 Å². The molecular formula is C42H36ClF10N7O4S2. The predicted molar refractivity (Wildman–Crippen MR) is 227 cm³/mol. The van der Waals surface area contributed by atoms with E-state index in [1.807, 2.05) is 0 Å². The van der Waals surface area contributed by atoms with Crippen LogP contribution < -0.4 is 9.62 Å². The normalized spacial score (nSPS) is 15.2. The van der Waals surface area contributed by atoms with Crippen LogP contribution >= 0.6 is 35.3 Å². The Hall–Kier alpha value is -5.47. The lowest BCUT2D eigenvalue weighted by atomic mass is 9.93. The number of hydrogen-bond acceptors (Lipinski definition) is 9. The number of alkyl halides is 8. The molecule has 0 bridgehead atoms. The van der Waals surface area contributed by atoms with Gasteiger partial charge < -0.3 is 10.1 Å². The zero-order valence-corrected chi connectivity index (χ0v) is 37.5. The number of aromatic nitrogens is 5. The van der Waals surface area contributed by atoms with Crippen LogP contribution in [0.4, 0.5) is 54.5 Å². The number of aldehydes is 1. The summed E-state index contributed by atoms with van der Waals surface area (Å²) in [6.07, 6.45) is -9.47. The van der Waals surface area contributed by atoms with E-state index in [4.69, 9.17) is 16.3 Å². The quantitative estimate of drug-likeness (QED) is 0.0531. The molecule has 0 saturated carbocycles. The standard InChI is InChI=1S/C42H36ClF10N7O4S2/c1-21-18-40(46,47)36-31(21)35(42(51,52)53)56-58(36)19-30(62)55-29(16-22-14-23(44)17-24(45)15-22)33-26(7-6-25(54-33)10-11-39(2,3)65-4)27-8-9-28(43)32-34(27)59(20-41(48,49)50)57-37(32)60(66-5)38(63)64-13-12-61/h6-9,12,14-15,17,21,29H,13,16,18-20H2,1-5H3,(H,55,62)/t21-,29?/m0/s1. The molecule has 11 nitrogen and oxygen atoms in total. The van der Waals surface area contributed by atoms with Gasteiger partial charge in [-0.25, -0.2) is 18.6 Å². The summed E-state index contributed by atoms with van der Waals surface area (Å²) >= 11 is 8.67. The number of nitrogens with zero attached hydrogens (tertiary/aromatic N) is 6. The van der Waals surface area contributed by atoms with Gasteiger partial charge in [-0.2, -0.15) is 49.6 Å². The number of amides is 2. The van der Waals surface area contributed by atoms with Gasteiger partial charge in [-0.05, 0) is 86.2 Å². The van der Waals surface area contributed by atoms with E-state index in [0.717, 1.165) is 23.4 Å². The van der Waals surface area contributed by atoms with Crippen LogP contribution in [0.5, 0.6) is 0 Å². The fourth-order valence-corrected chi connectivity index (χ4v) is 8.30. The Kier molecular flexibility index (Phi) is 14.4. The zero-order valence-electron chi connectivity index (χ0n) is 35.1. The molecule has 2 aromatic carbocycles. The molecule has 0 fully saturated rings. The number of carbonyl (C=O) groups is 3. The Morgan fingerprint density at radius 2 is 1.70 bits per heavy atom. The average molecular weight is 992 g/mol. The van der Waals surface area contributed by atoms with Gasteiger partial charge in [0.1, 0.15) is 42.7 Å². The minimum absolute atomic E-state index is 0.00932. The van der Waals surface area contributed by atoms with Gasteiger partial charge in [0.2, 0.25) is 5.91 Å². The summed E-state index contributed by atoms with van der Waals surface area (Å²) in [5, 5.41) is 9.58. The number of halogens is 11. The highest BCUT2D eigenvalue weighted by Crippen LogP contribution is 2.52. The topological polar surface area (TPSA) is 124 Å². The third-order valence-electron chi connectivity index (χ3n) is 10.2. The van der Waals surface area contributed by atoms with Crippen LogP contribution in [0.25, 0.3) is 22.0 Å². The third-order valence-corrected chi connectivity index (χ3v) is 12.3. The van der Waals surface area contributed by atoms with Crippen molar-refractivity contribution in [2.24, 2.45) is 0 Å². The number of carbonyl (C=O) groups excluding carboxylic acids is 3. The summed E-state index contributed by atoms with van der Waals surface area (Å²) in [5.74, 6) is -3.00. The molecule has 0 saturated heterocycles. The molecule has 1 aliphatic carbocycles. The molecule has 1 unspecified atom stereocenters. The smallest absolute Gasteiger partial charge is 0.435 e. The summed E-state index contributed by atoms with van der Waals surface area (Å²) in [6, 6.07) is 6.03. The van der Waals surface area contributed by atoms with Gasteiger partial charge in [-0.3, -0.25) is 19.0 Å². The number of fused-ring (bicyclic) bond motifs is 2. The predicted octanol–water partition coefficient (Wildman–Crippen LogP) is 10.4. The first-order chi connectivity index (χ1) is 30.8. The van der Waals surface area contributed by atoms with E-state index < -0.39 is 114 Å². The Balaban J connectivity index is 1.61. The summed E-state index contributed by atoms with van der Waals surface area (Å²) in [6.45, 7) is 1.04. The van der Waals surface area contributed by atoms with Crippen molar-refractivity contribution in [3.8, 4) is 23.0 Å². The minimum Gasteiger partial charge on any atom is -0.441 e. The van der Waals surface area contributed by atoms with Crippen molar-refractivity contribution in [3.63, 3.8) is 0 Å². The highest BCUT2D eigenvalue weighted by molar-refractivity contribution is 8.00. The molecular weight excluding hydrogens is 956 g/mol. The van der Waals surface area contributed by atoms with Crippen LogP contribution in [0, 0.1) is 23.5 Å². The summed E-state index contributed by atoms with van der Waals surface area (Å²) in [7, 11) is 0. The summed E-state index contributed by atoms with van der Waals surface area (Å²) in [4.78, 5) is 42.9. The van der Waals surface area contributed by atoms with E-state index in [2.05, 4.69) is 32.3 Å². The van der Waals surface area contributed by atoms with Gasteiger partial charge >= 0.3 is 18.4 Å². The third kappa shape index (κ3) is 10.9. The van der Waals surface area contributed by atoms with Crippen molar-refractivity contribution in [3.05, 3.63) is 93.0 Å². The van der Waals surface area contributed by atoms with Gasteiger partial charge in [-0.1, -0.05) is 30.5 Å². The lowest BCUT2D eigenvalue weighted by molar-refractivity contribution is -0.143. The van der Waals surface area contributed by atoms with Gasteiger partial charge in [-0.15, -0.1) is 11.8 Å². The average Bonchev–Trinajstić information content (AvgIpc) is 3.86. The Bertz CT molecular complexity index is 2750. The van der Waals surface area contributed by atoms with Crippen LogP contribution in [0.1, 0.15) is 73.1 Å². The lowest BCUT2D eigenvalue weighted by Gasteiger charge is -2.23. The number of benzene rings is 2. The fourth-order valence-electron chi connectivity index (χ4n) is 7.41. The molecule has 2 atom stereocenters. The van der Waals surface area contributed by atoms with Crippen molar-refractivity contribution in [2.75, 3.05) is 23.4 Å². The number of anilines is 1. The molecule has 6 rings (SSSR count). The second-order valence-electron chi connectivity index (χ2n) is 15.4. The van der Waals surface area contributed by atoms with Crippen molar-refractivity contribution < 1.29 is 63.0 Å². The lowest BCUT2D eigenvalue weighted by Crippen LogP contribution is -2.35. The second-order valence-corrected chi connectivity index (χ2v) is 18.0. The minimum atomic E-state index is -5.18. The first-order valence-corrected chi connectivity index (χ1v) is 22.2. The number of pyridine rings is 1. The van der Waals surface area contributed by atoms with Gasteiger partial charge in [0.05, 0.1) is 32.4 Å². The first kappa shape index (κ1) is 50.0. The number of nitrogens with one attached hydrogen (secondary N) is 1. The zero-order chi connectivity index (χ0) is 48.7. The molecule has 1 aliphatic rings. The van der Waals surface area contributed by atoms with Gasteiger partial charge in [0.15, 0.2) is 17.8 Å². The monoisotopic (exact) mass is 991 g/mol. The van der Waals surface area contributed by atoms with Crippen LogP contribution in [-0.4, -0.2) is 72.9 Å². The number of ether oxygens (including phenoxy) is 1. The van der Waals surface area contributed by atoms with E-state index in [9.17, 15) is 49.5 Å². The maximum absolute atomic E-state index is 15.3. The van der Waals surface area contributed by atoms with Crippen LogP contribution in [-0.2, 0) is 45.9 Å². The Morgan fingerprint density at radius 3 is 2.30 bits per heavy atom.